The van der Waals surface area contributed by atoms with E-state index in [9.17, 15) is 4.79 Å². The molecule has 1 amide bonds. The Bertz CT molecular complexity index is 1370. The first-order valence-corrected chi connectivity index (χ1v) is 12.6. The minimum Gasteiger partial charge on any atom is -0.452 e. The van der Waals surface area contributed by atoms with E-state index in [1.807, 2.05) is 6.07 Å². The molecule has 0 spiro atoms. The molecule has 186 valence electrons. The molecule has 1 N–H and O–H groups in total. The highest BCUT2D eigenvalue weighted by Gasteiger charge is 2.33. The van der Waals surface area contributed by atoms with E-state index in [1.165, 1.54) is 12.7 Å². The molecule has 0 unspecified atom stereocenters. The number of fused-ring (bicyclic) bond motifs is 3. The molecule has 6 rings (SSSR count). The number of nitrogens with zero attached hydrogens (tertiary/aromatic N) is 7. The third kappa shape index (κ3) is 3.86. The summed E-state index contributed by atoms with van der Waals surface area (Å²) in [4.78, 5) is 21.9. The van der Waals surface area contributed by atoms with Crippen LogP contribution in [-0.2, 0) is 17.6 Å². The third-order valence-corrected chi connectivity index (χ3v) is 7.50. The number of ether oxygens (including phenoxy) is 1. The molecule has 2 aromatic heterocycles. The maximum absolute atomic E-state index is 12.6. The summed E-state index contributed by atoms with van der Waals surface area (Å²) in [5.74, 6) is 1.74. The maximum atomic E-state index is 12.6. The molecule has 1 saturated heterocycles. The summed E-state index contributed by atoms with van der Waals surface area (Å²) in [6, 6.07) is 15.0. The number of imidazole rings is 1. The number of aryl methyl sites for hydroxylation is 1. The van der Waals surface area contributed by atoms with Gasteiger partial charge in [-0.1, -0.05) is 35.4 Å². The van der Waals surface area contributed by atoms with Crippen molar-refractivity contribution in [2.75, 3.05) is 30.0 Å². The van der Waals surface area contributed by atoms with Gasteiger partial charge in [-0.3, -0.25) is 4.90 Å². The minimum absolute atomic E-state index is 0.0793. The highest BCUT2D eigenvalue weighted by atomic mass is 16.5. The average Bonchev–Trinajstić information content (AvgIpc) is 3.57. The molecule has 36 heavy (non-hydrogen) atoms. The van der Waals surface area contributed by atoms with Crippen LogP contribution >= 0.6 is 0 Å². The number of carbonyl (C=O) groups is 1. The van der Waals surface area contributed by atoms with Crippen molar-refractivity contribution in [1.29, 1.82) is 0 Å². The number of rotatable bonds is 4. The molecule has 4 aromatic rings. The van der Waals surface area contributed by atoms with Gasteiger partial charge in [0.1, 0.15) is 5.82 Å². The van der Waals surface area contributed by atoms with Crippen molar-refractivity contribution < 1.29 is 9.53 Å². The van der Waals surface area contributed by atoms with E-state index >= 15 is 0 Å². The Balaban J connectivity index is 1.47. The summed E-state index contributed by atoms with van der Waals surface area (Å²) in [7, 11) is 1.44. The summed E-state index contributed by atoms with van der Waals surface area (Å²) >= 11 is 0. The SMILES string of the molecule is COC(=O)N1c2ccc3c(nc(Cc4ccccc4)n3[C@@H]3CCCN(c4nnn[nH]4)C3)c2CC[C@@H]1C. The van der Waals surface area contributed by atoms with Gasteiger partial charge in [0.15, 0.2) is 0 Å². The van der Waals surface area contributed by atoms with E-state index in [2.05, 4.69) is 73.4 Å². The lowest BCUT2D eigenvalue weighted by Gasteiger charge is -2.35. The average molecular weight is 487 g/mol. The topological polar surface area (TPSA) is 105 Å². The van der Waals surface area contributed by atoms with Crippen molar-refractivity contribution in [3.8, 4) is 0 Å². The summed E-state index contributed by atoms with van der Waals surface area (Å²) in [5.41, 5.74) is 5.34. The van der Waals surface area contributed by atoms with Gasteiger partial charge in [-0.2, -0.15) is 0 Å². The van der Waals surface area contributed by atoms with Gasteiger partial charge in [-0.05, 0) is 60.7 Å². The number of hydrogen-bond acceptors (Lipinski definition) is 7. The zero-order chi connectivity index (χ0) is 24.6. The predicted molar refractivity (Wildman–Crippen MR) is 136 cm³/mol. The van der Waals surface area contributed by atoms with Crippen molar-refractivity contribution >= 4 is 28.8 Å². The van der Waals surface area contributed by atoms with Crippen molar-refractivity contribution in [2.24, 2.45) is 0 Å². The Labute approximate surface area is 209 Å². The quantitative estimate of drug-likeness (QED) is 0.467. The largest absolute Gasteiger partial charge is 0.452 e. The van der Waals surface area contributed by atoms with Crippen molar-refractivity contribution in [1.82, 2.24) is 30.2 Å². The van der Waals surface area contributed by atoms with E-state index in [4.69, 9.17) is 9.72 Å². The molecular weight excluding hydrogens is 456 g/mol. The minimum atomic E-state index is -0.324. The first-order valence-electron chi connectivity index (χ1n) is 12.6. The molecule has 4 heterocycles. The number of benzene rings is 2. The molecule has 2 aliphatic rings. The first kappa shape index (κ1) is 22.5. The zero-order valence-electron chi connectivity index (χ0n) is 20.6. The maximum Gasteiger partial charge on any atom is 0.414 e. The van der Waals surface area contributed by atoms with Crippen LogP contribution in [0.2, 0.25) is 0 Å². The lowest BCUT2D eigenvalue weighted by atomic mass is 9.95. The van der Waals surface area contributed by atoms with Gasteiger partial charge in [0.25, 0.3) is 0 Å². The monoisotopic (exact) mass is 486 g/mol. The molecule has 2 aliphatic heterocycles. The van der Waals surface area contributed by atoms with Crippen molar-refractivity contribution in [3.63, 3.8) is 0 Å². The molecule has 0 radical (unpaired) electrons. The fourth-order valence-corrected chi connectivity index (χ4v) is 5.78. The van der Waals surface area contributed by atoms with Crippen molar-refractivity contribution in [2.45, 2.75) is 51.1 Å². The fraction of sp³-hybridized carbons (Fsp3) is 0.423. The Hall–Kier alpha value is -3.95. The number of tetrazole rings is 1. The number of aromatic amines is 1. The van der Waals surface area contributed by atoms with Gasteiger partial charge in [0.2, 0.25) is 5.95 Å². The van der Waals surface area contributed by atoms with Crippen LogP contribution < -0.4 is 9.80 Å². The number of nitrogens with one attached hydrogen (secondary N) is 1. The molecule has 10 heteroatoms. The molecule has 0 saturated carbocycles. The number of carbonyl (C=O) groups excluding carboxylic acids is 1. The van der Waals surface area contributed by atoms with Crippen LogP contribution in [-0.4, -0.2) is 62.5 Å². The van der Waals surface area contributed by atoms with Crippen LogP contribution in [0.3, 0.4) is 0 Å². The number of H-pyrrole nitrogens is 1. The normalized spacial score (nSPS) is 19.9. The highest BCUT2D eigenvalue weighted by Crippen LogP contribution is 2.38. The predicted octanol–water partition coefficient (Wildman–Crippen LogP) is 3.89. The Morgan fingerprint density at radius 2 is 2.03 bits per heavy atom. The Kier molecular flexibility index (Phi) is 5.79. The van der Waals surface area contributed by atoms with Crippen LogP contribution in [0.15, 0.2) is 42.5 Å². The number of aromatic nitrogens is 6. The van der Waals surface area contributed by atoms with Gasteiger partial charge in [-0.15, -0.1) is 0 Å². The summed E-state index contributed by atoms with van der Waals surface area (Å²) in [5, 5.41) is 14.6. The van der Waals surface area contributed by atoms with Gasteiger partial charge in [0.05, 0.1) is 29.9 Å². The first-order chi connectivity index (χ1) is 17.6. The van der Waals surface area contributed by atoms with E-state index in [-0.39, 0.29) is 18.2 Å². The lowest BCUT2D eigenvalue weighted by Crippen LogP contribution is -2.42. The van der Waals surface area contributed by atoms with E-state index in [1.54, 1.807) is 4.90 Å². The molecule has 1 fully saturated rings. The fourth-order valence-electron chi connectivity index (χ4n) is 5.78. The lowest BCUT2D eigenvalue weighted by molar-refractivity contribution is 0.175. The number of hydrogen-bond donors (Lipinski definition) is 1. The van der Waals surface area contributed by atoms with Gasteiger partial charge < -0.3 is 14.2 Å². The van der Waals surface area contributed by atoms with E-state index < -0.39 is 0 Å². The molecule has 0 bridgehead atoms. The van der Waals surface area contributed by atoms with E-state index in [0.29, 0.717) is 5.95 Å². The van der Waals surface area contributed by atoms with Gasteiger partial charge >= 0.3 is 6.09 Å². The van der Waals surface area contributed by atoms with Gasteiger partial charge in [0, 0.05) is 31.1 Å². The highest BCUT2D eigenvalue weighted by molar-refractivity contribution is 5.95. The van der Waals surface area contributed by atoms with Crippen LogP contribution in [0.25, 0.3) is 11.0 Å². The standard InChI is InChI=1S/C26H30N8O2/c1-17-10-11-20-21(33(17)26(35)36-2)12-13-22-24(20)27-23(15-18-7-4-3-5-8-18)34(22)19-9-6-14-32(16-19)25-28-30-31-29-25/h3-5,7-8,12-13,17,19H,6,9-11,14-16H2,1-2H3,(H,28,29,30,31)/t17-,19+/m0/s1. The van der Waals surface area contributed by atoms with Crippen LogP contribution in [0, 0.1) is 0 Å². The Morgan fingerprint density at radius 3 is 2.81 bits per heavy atom. The number of anilines is 2. The zero-order valence-corrected chi connectivity index (χ0v) is 20.6. The summed E-state index contributed by atoms with van der Waals surface area (Å²) < 4.78 is 7.53. The van der Waals surface area contributed by atoms with Crippen LogP contribution in [0.5, 0.6) is 0 Å². The second-order valence-corrected chi connectivity index (χ2v) is 9.69. The van der Waals surface area contributed by atoms with Crippen LogP contribution in [0.4, 0.5) is 16.4 Å². The summed E-state index contributed by atoms with van der Waals surface area (Å²) in [6.45, 7) is 3.78. The summed E-state index contributed by atoms with van der Waals surface area (Å²) in [6.07, 6.45) is 4.25. The molecular formula is C26H30N8O2. The second kappa shape index (κ2) is 9.25. The molecule has 2 aromatic carbocycles. The van der Waals surface area contributed by atoms with Crippen LogP contribution in [0.1, 0.15) is 49.2 Å². The Morgan fingerprint density at radius 1 is 1.17 bits per heavy atom. The number of methoxy groups -OCH3 is 1. The second-order valence-electron chi connectivity index (χ2n) is 9.69. The van der Waals surface area contributed by atoms with Crippen molar-refractivity contribution in [3.05, 3.63) is 59.4 Å². The number of piperidine rings is 1. The molecule has 0 aliphatic carbocycles. The number of amides is 1. The smallest absolute Gasteiger partial charge is 0.414 e. The van der Waals surface area contributed by atoms with Gasteiger partial charge in [-0.25, -0.2) is 14.9 Å². The molecule has 2 atom stereocenters. The van der Waals surface area contributed by atoms with E-state index in [0.717, 1.165) is 73.3 Å². The molecule has 10 nitrogen and oxygen atoms in total. The third-order valence-electron chi connectivity index (χ3n) is 7.50.